The number of amides is 2. The molecule has 2 aromatic rings. The van der Waals surface area contributed by atoms with Crippen molar-refractivity contribution in [1.82, 2.24) is 10.6 Å². The zero-order chi connectivity index (χ0) is 26.3. The van der Waals surface area contributed by atoms with E-state index in [0.717, 1.165) is 12.1 Å². The molecule has 36 heavy (non-hydrogen) atoms. The number of hydrogen-bond donors (Lipinski definition) is 3. The second-order valence-electron chi connectivity index (χ2n) is 8.49. The highest BCUT2D eigenvalue weighted by Gasteiger charge is 2.31. The topological polar surface area (TPSA) is 114 Å². The van der Waals surface area contributed by atoms with Gasteiger partial charge in [-0.2, -0.15) is 0 Å². The molecule has 194 valence electrons. The number of halogens is 3. The molecule has 0 spiro atoms. The van der Waals surface area contributed by atoms with Gasteiger partial charge in [-0.1, -0.05) is 0 Å². The molecule has 1 fully saturated rings. The van der Waals surface area contributed by atoms with Gasteiger partial charge in [0, 0.05) is 24.2 Å². The minimum atomic E-state index is -4.81. The number of ether oxygens (including phenoxy) is 2. The lowest BCUT2D eigenvalue weighted by atomic mass is 9.87. The Bertz CT molecular complexity index is 1080. The molecule has 0 heterocycles. The van der Waals surface area contributed by atoms with E-state index in [4.69, 9.17) is 9.84 Å². The molecule has 1 aliphatic rings. The van der Waals surface area contributed by atoms with Gasteiger partial charge < -0.3 is 25.2 Å². The smallest absolute Gasteiger partial charge is 0.490 e. The second kappa shape index (κ2) is 11.8. The molecule has 0 aromatic heterocycles. The molecule has 2 aromatic carbocycles. The summed E-state index contributed by atoms with van der Waals surface area (Å²) in [5.74, 6) is -1.74. The summed E-state index contributed by atoms with van der Waals surface area (Å²) in [6, 6.07) is 9.60. The van der Waals surface area contributed by atoms with Crippen molar-refractivity contribution in [1.29, 1.82) is 0 Å². The maximum absolute atomic E-state index is 12.5. The summed E-state index contributed by atoms with van der Waals surface area (Å²) >= 11 is 0. The molecule has 8 nitrogen and oxygen atoms in total. The van der Waals surface area contributed by atoms with Crippen LogP contribution >= 0.6 is 0 Å². The molecule has 11 heteroatoms. The number of aryl methyl sites for hydroxylation is 1. The summed E-state index contributed by atoms with van der Waals surface area (Å²) in [6.45, 7) is 2.03. The van der Waals surface area contributed by atoms with E-state index in [9.17, 15) is 27.6 Å². The standard InChI is InChI=1S/C25H27F3N2O6/c1-15-14-20(35-18-6-4-17(5-7-18)24(33)34)10-11-21(15)23(32)30-13-12-29-22(31)16-2-8-19(9-3-16)36-25(26,27)28/h2-3,8-11,14,17-18H,4-7,12-13H2,1H3,(H,29,31)(H,30,32)(H,33,34)/t17-,18+. The summed E-state index contributed by atoms with van der Waals surface area (Å²) in [5, 5.41) is 14.4. The molecule has 1 saturated carbocycles. The molecule has 0 bridgehead atoms. The van der Waals surface area contributed by atoms with Crippen LogP contribution in [0.2, 0.25) is 0 Å². The molecule has 3 N–H and O–H groups in total. The zero-order valence-electron chi connectivity index (χ0n) is 19.6. The monoisotopic (exact) mass is 508 g/mol. The van der Waals surface area contributed by atoms with Crippen LogP contribution in [0, 0.1) is 12.8 Å². The number of rotatable bonds is 9. The highest BCUT2D eigenvalue weighted by Crippen LogP contribution is 2.28. The Kier molecular flexibility index (Phi) is 8.78. The van der Waals surface area contributed by atoms with Gasteiger partial charge in [-0.3, -0.25) is 14.4 Å². The van der Waals surface area contributed by atoms with Crippen molar-refractivity contribution < 1.29 is 42.1 Å². The molecular formula is C25H27F3N2O6. The lowest BCUT2D eigenvalue weighted by Crippen LogP contribution is -2.35. The SMILES string of the molecule is Cc1cc(O[C@H]2CC[C@@H](C(=O)O)CC2)ccc1C(=O)NCCNC(=O)c1ccc(OC(F)(F)F)cc1. The van der Waals surface area contributed by atoms with Gasteiger partial charge in [0.05, 0.1) is 12.0 Å². The molecule has 0 saturated heterocycles. The van der Waals surface area contributed by atoms with Gasteiger partial charge in [0.15, 0.2) is 0 Å². The second-order valence-corrected chi connectivity index (χ2v) is 8.49. The van der Waals surface area contributed by atoms with E-state index in [-0.39, 0.29) is 36.6 Å². The first kappa shape index (κ1) is 26.8. The first-order chi connectivity index (χ1) is 17.0. The van der Waals surface area contributed by atoms with Crippen LogP contribution in [0.4, 0.5) is 13.2 Å². The van der Waals surface area contributed by atoms with Crippen LogP contribution in [0.5, 0.6) is 11.5 Å². The Labute approximate surface area is 205 Å². The van der Waals surface area contributed by atoms with Crippen LogP contribution in [0.3, 0.4) is 0 Å². The molecule has 3 rings (SSSR count). The fraction of sp³-hybridized carbons (Fsp3) is 0.400. The molecule has 0 radical (unpaired) electrons. The van der Waals surface area contributed by atoms with Crippen LogP contribution in [0.1, 0.15) is 52.0 Å². The number of carboxylic acids is 1. The molecule has 0 aliphatic heterocycles. The van der Waals surface area contributed by atoms with Crippen molar-refractivity contribution in [3.63, 3.8) is 0 Å². The number of benzene rings is 2. The van der Waals surface area contributed by atoms with E-state index >= 15 is 0 Å². The average Bonchev–Trinajstić information content (AvgIpc) is 2.81. The van der Waals surface area contributed by atoms with Gasteiger partial charge in [0.1, 0.15) is 11.5 Å². The number of aliphatic carboxylic acids is 1. The quantitative estimate of drug-likeness (QED) is 0.440. The maximum atomic E-state index is 12.5. The number of carboxylic acid groups (broad SMARTS) is 1. The summed E-state index contributed by atoms with van der Waals surface area (Å²) in [5.41, 5.74) is 1.30. The van der Waals surface area contributed by atoms with Crippen molar-refractivity contribution in [2.24, 2.45) is 5.92 Å². The fourth-order valence-electron chi connectivity index (χ4n) is 3.94. The van der Waals surface area contributed by atoms with Crippen LogP contribution in [0.15, 0.2) is 42.5 Å². The highest BCUT2D eigenvalue weighted by molar-refractivity contribution is 5.96. The third-order valence-electron chi connectivity index (χ3n) is 5.81. The third kappa shape index (κ3) is 7.89. The van der Waals surface area contributed by atoms with E-state index in [2.05, 4.69) is 15.4 Å². The van der Waals surface area contributed by atoms with Crippen molar-refractivity contribution in [2.45, 2.75) is 45.1 Å². The Morgan fingerprint density at radius 1 is 0.917 bits per heavy atom. The van der Waals surface area contributed by atoms with Crippen molar-refractivity contribution in [3.05, 3.63) is 59.2 Å². The number of carbonyl (C=O) groups excluding carboxylic acids is 2. The minimum absolute atomic E-state index is 0.0587. The normalized spacial score (nSPS) is 17.7. The molecule has 1 aliphatic carbocycles. The largest absolute Gasteiger partial charge is 0.573 e. The summed E-state index contributed by atoms with van der Waals surface area (Å²) in [7, 11) is 0. The summed E-state index contributed by atoms with van der Waals surface area (Å²) in [6.07, 6.45) is -2.39. The van der Waals surface area contributed by atoms with Crippen LogP contribution < -0.4 is 20.1 Å². The first-order valence-electron chi connectivity index (χ1n) is 11.4. The molecule has 0 atom stereocenters. The lowest BCUT2D eigenvalue weighted by Gasteiger charge is -2.27. The van der Waals surface area contributed by atoms with E-state index < -0.39 is 24.0 Å². The molecule has 0 unspecified atom stereocenters. The van der Waals surface area contributed by atoms with E-state index in [0.29, 0.717) is 42.6 Å². The van der Waals surface area contributed by atoms with Gasteiger partial charge in [-0.05, 0) is 80.6 Å². The first-order valence-corrected chi connectivity index (χ1v) is 11.4. The average molecular weight is 508 g/mol. The Morgan fingerprint density at radius 2 is 1.50 bits per heavy atom. The van der Waals surface area contributed by atoms with E-state index in [1.165, 1.54) is 12.1 Å². The number of carbonyl (C=O) groups is 3. The number of nitrogens with one attached hydrogen (secondary N) is 2. The minimum Gasteiger partial charge on any atom is -0.490 e. The maximum Gasteiger partial charge on any atom is 0.573 e. The Hall–Kier alpha value is -3.76. The van der Waals surface area contributed by atoms with E-state index in [1.54, 1.807) is 25.1 Å². The number of alkyl halides is 3. The van der Waals surface area contributed by atoms with Gasteiger partial charge in [0.2, 0.25) is 0 Å². The van der Waals surface area contributed by atoms with Gasteiger partial charge in [-0.25, -0.2) is 0 Å². The van der Waals surface area contributed by atoms with Crippen LogP contribution in [-0.2, 0) is 4.79 Å². The lowest BCUT2D eigenvalue weighted by molar-refractivity contribution is -0.274. The predicted octanol–water partition coefficient (Wildman–Crippen LogP) is 4.08. The Morgan fingerprint density at radius 3 is 2.06 bits per heavy atom. The van der Waals surface area contributed by atoms with Crippen molar-refractivity contribution in [3.8, 4) is 11.5 Å². The highest BCUT2D eigenvalue weighted by atomic mass is 19.4. The van der Waals surface area contributed by atoms with Crippen LogP contribution in [0.25, 0.3) is 0 Å². The predicted molar refractivity (Wildman–Crippen MR) is 123 cm³/mol. The van der Waals surface area contributed by atoms with Crippen molar-refractivity contribution in [2.75, 3.05) is 13.1 Å². The van der Waals surface area contributed by atoms with Gasteiger partial charge >= 0.3 is 12.3 Å². The molecule has 2 amide bonds. The third-order valence-corrected chi connectivity index (χ3v) is 5.81. The van der Waals surface area contributed by atoms with E-state index in [1.807, 2.05) is 0 Å². The van der Waals surface area contributed by atoms with Gasteiger partial charge in [0.25, 0.3) is 11.8 Å². The van der Waals surface area contributed by atoms with Crippen molar-refractivity contribution >= 4 is 17.8 Å². The van der Waals surface area contributed by atoms with Crippen LogP contribution in [-0.4, -0.2) is 48.4 Å². The zero-order valence-corrected chi connectivity index (χ0v) is 19.6. The Balaban J connectivity index is 1.42. The number of hydrogen-bond acceptors (Lipinski definition) is 5. The fourth-order valence-corrected chi connectivity index (χ4v) is 3.94. The molecular weight excluding hydrogens is 481 g/mol. The summed E-state index contributed by atoms with van der Waals surface area (Å²) in [4.78, 5) is 35.7. The van der Waals surface area contributed by atoms with Gasteiger partial charge in [-0.15, -0.1) is 13.2 Å². The summed E-state index contributed by atoms with van der Waals surface area (Å²) < 4.78 is 46.4.